The summed E-state index contributed by atoms with van der Waals surface area (Å²) < 4.78 is 31.9. The Morgan fingerprint density at radius 1 is 0.974 bits per heavy atom. The molecule has 0 saturated carbocycles. The second-order valence-corrected chi connectivity index (χ2v) is 8.79. The third-order valence-corrected chi connectivity index (χ3v) is 6.04. The van der Waals surface area contributed by atoms with Crippen molar-refractivity contribution in [2.45, 2.75) is 25.4 Å². The third kappa shape index (κ3) is 5.60. The maximum absolute atomic E-state index is 13.7. The van der Waals surface area contributed by atoms with Crippen molar-refractivity contribution in [2.75, 3.05) is 18.6 Å². The molecular weight excluding hydrogens is 496 g/mol. The number of benzene rings is 3. The van der Waals surface area contributed by atoms with Crippen LogP contribution >= 0.6 is 0 Å². The summed E-state index contributed by atoms with van der Waals surface area (Å²) in [5.41, 5.74) is 2.21. The predicted molar refractivity (Wildman–Crippen MR) is 135 cm³/mol. The van der Waals surface area contributed by atoms with E-state index in [2.05, 4.69) is 10.6 Å². The molecule has 0 aliphatic carbocycles. The lowest BCUT2D eigenvalue weighted by Gasteiger charge is -2.26. The number of imide groups is 1. The molecule has 0 radical (unpaired) electrons. The zero-order valence-electron chi connectivity index (χ0n) is 20.7. The molecule has 4 rings (SSSR count). The number of halogens is 2. The van der Waals surface area contributed by atoms with Crippen molar-refractivity contribution in [3.63, 3.8) is 0 Å². The van der Waals surface area contributed by atoms with Gasteiger partial charge in [0.25, 0.3) is 11.8 Å². The first kappa shape index (κ1) is 26.6. The summed E-state index contributed by atoms with van der Waals surface area (Å²) in [5, 5.41) is 5.13. The summed E-state index contributed by atoms with van der Waals surface area (Å²) >= 11 is 0. The van der Waals surface area contributed by atoms with Crippen molar-refractivity contribution < 1.29 is 32.7 Å². The Bertz CT molecular complexity index is 1390. The van der Waals surface area contributed by atoms with Crippen molar-refractivity contribution in [3.8, 4) is 11.1 Å². The standard InChI is InChI=1S/C28H25F2N3O5/c1-16(31-24(34)13-17-11-18(29)14-19(30)12-17)27(36)32-26-22-9-4-3-7-20(22)21-8-5-6-10-23(21)33(28(26)37)25(35)15-38-2/h3-12,14,16,26H,13,15H2,1-2H3,(H,31,34)(H,32,36). The highest BCUT2D eigenvalue weighted by molar-refractivity contribution is 6.21. The predicted octanol–water partition coefficient (Wildman–Crippen LogP) is 3.06. The highest BCUT2D eigenvalue weighted by Gasteiger charge is 2.38. The molecule has 3 aromatic rings. The van der Waals surface area contributed by atoms with Crippen LogP contribution in [0.15, 0.2) is 66.7 Å². The van der Waals surface area contributed by atoms with Crippen molar-refractivity contribution >= 4 is 29.3 Å². The minimum absolute atomic E-state index is 0.102. The van der Waals surface area contributed by atoms with Crippen LogP contribution < -0.4 is 15.5 Å². The van der Waals surface area contributed by atoms with E-state index >= 15 is 0 Å². The molecule has 4 amide bonds. The summed E-state index contributed by atoms with van der Waals surface area (Å²) in [4.78, 5) is 53.3. The van der Waals surface area contributed by atoms with Gasteiger partial charge in [-0.15, -0.1) is 0 Å². The lowest BCUT2D eigenvalue weighted by molar-refractivity contribution is -0.133. The van der Waals surface area contributed by atoms with Gasteiger partial charge in [0.15, 0.2) is 0 Å². The van der Waals surface area contributed by atoms with Crippen molar-refractivity contribution in [1.82, 2.24) is 10.6 Å². The van der Waals surface area contributed by atoms with E-state index in [0.29, 0.717) is 28.4 Å². The zero-order valence-corrected chi connectivity index (χ0v) is 20.7. The summed E-state index contributed by atoms with van der Waals surface area (Å²) in [6.45, 7) is 1.05. The normalized spacial score (nSPS) is 15.1. The Morgan fingerprint density at radius 3 is 2.29 bits per heavy atom. The molecule has 0 bridgehead atoms. The number of nitrogens with zero attached hydrogens (tertiary/aromatic N) is 1. The molecule has 1 aliphatic heterocycles. The maximum Gasteiger partial charge on any atom is 0.261 e. The van der Waals surface area contributed by atoms with Crippen LogP contribution in [0.5, 0.6) is 0 Å². The Labute approximate surface area is 217 Å². The average Bonchev–Trinajstić information content (AvgIpc) is 2.96. The molecule has 2 N–H and O–H groups in total. The number of ether oxygens (including phenoxy) is 1. The van der Waals surface area contributed by atoms with Crippen LogP contribution in [0.1, 0.15) is 24.1 Å². The number of methoxy groups -OCH3 is 1. The van der Waals surface area contributed by atoms with E-state index in [1.54, 1.807) is 48.5 Å². The molecule has 38 heavy (non-hydrogen) atoms. The minimum atomic E-state index is -1.25. The number of carbonyl (C=O) groups is 4. The maximum atomic E-state index is 13.7. The zero-order chi connectivity index (χ0) is 27.4. The topological polar surface area (TPSA) is 105 Å². The van der Waals surface area contributed by atoms with Crippen LogP contribution in [-0.4, -0.2) is 43.4 Å². The van der Waals surface area contributed by atoms with Crippen LogP contribution in [0.25, 0.3) is 11.1 Å². The van der Waals surface area contributed by atoms with Gasteiger partial charge < -0.3 is 15.4 Å². The van der Waals surface area contributed by atoms with Crippen LogP contribution in [0.4, 0.5) is 14.5 Å². The Kier molecular flexibility index (Phi) is 7.92. The number of para-hydroxylation sites is 1. The Hall–Kier alpha value is -4.44. The number of nitrogens with one attached hydrogen (secondary N) is 2. The van der Waals surface area contributed by atoms with Gasteiger partial charge >= 0.3 is 0 Å². The SMILES string of the molecule is COCC(=O)N1C(=O)C(NC(=O)C(C)NC(=O)Cc2cc(F)cc(F)c2)c2ccccc2-c2ccccc21. The highest BCUT2D eigenvalue weighted by atomic mass is 19.1. The summed E-state index contributed by atoms with van der Waals surface area (Å²) in [5.74, 6) is -4.28. The highest BCUT2D eigenvalue weighted by Crippen LogP contribution is 2.40. The summed E-state index contributed by atoms with van der Waals surface area (Å²) in [6, 6.07) is 14.2. The number of rotatable bonds is 7. The van der Waals surface area contributed by atoms with Crippen LogP contribution in [0.3, 0.4) is 0 Å². The summed E-state index contributed by atoms with van der Waals surface area (Å²) in [7, 11) is 1.34. The largest absolute Gasteiger partial charge is 0.375 e. The van der Waals surface area contributed by atoms with Gasteiger partial charge in [-0.3, -0.25) is 19.2 Å². The first-order valence-corrected chi connectivity index (χ1v) is 11.8. The molecule has 0 aromatic heterocycles. The van der Waals surface area contributed by atoms with E-state index in [9.17, 15) is 28.0 Å². The molecule has 1 aliphatic rings. The lowest BCUT2D eigenvalue weighted by atomic mass is 9.95. The van der Waals surface area contributed by atoms with E-state index in [-0.39, 0.29) is 18.6 Å². The molecular formula is C28H25F2N3O5. The Balaban J connectivity index is 1.59. The van der Waals surface area contributed by atoms with Gasteiger partial charge in [0, 0.05) is 18.7 Å². The van der Waals surface area contributed by atoms with Crippen LogP contribution in [-0.2, 0) is 30.3 Å². The fraction of sp³-hybridized carbons (Fsp3) is 0.214. The molecule has 2 atom stereocenters. The molecule has 0 fully saturated rings. The molecule has 3 aromatic carbocycles. The monoisotopic (exact) mass is 521 g/mol. The van der Waals surface area contributed by atoms with Gasteiger partial charge in [0.2, 0.25) is 11.8 Å². The van der Waals surface area contributed by atoms with Crippen LogP contribution in [0.2, 0.25) is 0 Å². The molecule has 8 nitrogen and oxygen atoms in total. The van der Waals surface area contributed by atoms with Crippen LogP contribution in [0, 0.1) is 11.6 Å². The van der Waals surface area contributed by atoms with Crippen molar-refractivity contribution in [3.05, 3.63) is 89.5 Å². The number of hydrogen-bond donors (Lipinski definition) is 2. The second kappa shape index (κ2) is 11.3. The number of fused-ring (bicyclic) bond motifs is 3. The molecule has 196 valence electrons. The van der Waals surface area contributed by atoms with Crippen molar-refractivity contribution in [2.24, 2.45) is 0 Å². The first-order chi connectivity index (χ1) is 18.2. The molecule has 2 unspecified atom stereocenters. The Morgan fingerprint density at radius 2 is 1.61 bits per heavy atom. The van der Waals surface area contributed by atoms with E-state index in [4.69, 9.17) is 4.74 Å². The quantitative estimate of drug-likeness (QED) is 0.497. The number of hydrogen-bond acceptors (Lipinski definition) is 5. The fourth-order valence-corrected chi connectivity index (χ4v) is 4.38. The lowest BCUT2D eigenvalue weighted by Crippen LogP contribution is -2.51. The number of carbonyl (C=O) groups excluding carboxylic acids is 4. The van der Waals surface area contributed by atoms with E-state index in [0.717, 1.165) is 17.0 Å². The molecule has 0 spiro atoms. The summed E-state index contributed by atoms with van der Waals surface area (Å²) in [6.07, 6.45) is -0.355. The number of amides is 4. The van der Waals surface area contributed by atoms with Gasteiger partial charge in [-0.25, -0.2) is 13.7 Å². The smallest absolute Gasteiger partial charge is 0.261 e. The minimum Gasteiger partial charge on any atom is -0.375 e. The van der Waals surface area contributed by atoms with Gasteiger partial charge in [-0.2, -0.15) is 0 Å². The van der Waals surface area contributed by atoms with E-state index < -0.39 is 47.3 Å². The molecule has 1 heterocycles. The fourth-order valence-electron chi connectivity index (χ4n) is 4.38. The van der Waals surface area contributed by atoms with Gasteiger partial charge in [0.1, 0.15) is 30.3 Å². The van der Waals surface area contributed by atoms with E-state index in [1.165, 1.54) is 14.0 Å². The average molecular weight is 522 g/mol. The van der Waals surface area contributed by atoms with E-state index in [1.807, 2.05) is 0 Å². The number of anilines is 1. The first-order valence-electron chi connectivity index (χ1n) is 11.8. The second-order valence-electron chi connectivity index (χ2n) is 8.79. The van der Waals surface area contributed by atoms with Gasteiger partial charge in [-0.05, 0) is 41.8 Å². The molecule has 10 heteroatoms. The van der Waals surface area contributed by atoms with Crippen molar-refractivity contribution in [1.29, 1.82) is 0 Å². The molecule has 0 saturated heterocycles. The van der Waals surface area contributed by atoms with Gasteiger partial charge in [0.05, 0.1) is 12.1 Å². The third-order valence-electron chi connectivity index (χ3n) is 6.04. The van der Waals surface area contributed by atoms with Gasteiger partial charge in [-0.1, -0.05) is 42.5 Å².